The van der Waals surface area contributed by atoms with Gasteiger partial charge in [-0.1, -0.05) is 18.6 Å². The van der Waals surface area contributed by atoms with Gasteiger partial charge in [0.1, 0.15) is 0 Å². The number of nitrogens with zero attached hydrogens (tertiary/aromatic N) is 1. The lowest BCUT2D eigenvalue weighted by Crippen LogP contribution is -2.18. The summed E-state index contributed by atoms with van der Waals surface area (Å²) >= 11 is 0. The Morgan fingerprint density at radius 3 is 2.48 bits per heavy atom. The maximum atomic E-state index is 11.8. The summed E-state index contributed by atoms with van der Waals surface area (Å²) in [6, 6.07) is 8.23. The highest BCUT2D eigenvalue weighted by Gasteiger charge is 2.11. The van der Waals surface area contributed by atoms with Crippen molar-refractivity contribution >= 4 is 11.6 Å². The van der Waals surface area contributed by atoms with E-state index in [1.54, 1.807) is 0 Å². The molecule has 1 aliphatic rings. The van der Waals surface area contributed by atoms with E-state index in [1.807, 2.05) is 12.1 Å². The number of rotatable bonds is 8. The molecule has 0 spiro atoms. The minimum atomic E-state index is 0.0966. The fraction of sp³-hybridized carbons (Fsp3) is 0.588. The fourth-order valence-electron chi connectivity index (χ4n) is 2.72. The molecule has 0 atom stereocenters. The second-order valence-electron chi connectivity index (χ2n) is 5.83. The molecule has 0 bridgehead atoms. The standard InChI is InChI=1S/C17H27N3O/c18-11-3-1-2-6-17(21)19-16-9-7-15(8-10-16)14-20-12-4-5-13-20/h7-10H,1-6,11-14,18H2,(H,19,21). The van der Waals surface area contributed by atoms with Crippen LogP contribution in [0.25, 0.3) is 0 Å². The van der Waals surface area contributed by atoms with Gasteiger partial charge in [0.15, 0.2) is 0 Å². The summed E-state index contributed by atoms with van der Waals surface area (Å²) < 4.78 is 0. The van der Waals surface area contributed by atoms with Gasteiger partial charge >= 0.3 is 0 Å². The summed E-state index contributed by atoms with van der Waals surface area (Å²) in [6.07, 6.45) is 6.15. The Kier molecular flexibility index (Phi) is 6.70. The predicted molar refractivity (Wildman–Crippen MR) is 87.1 cm³/mol. The summed E-state index contributed by atoms with van der Waals surface area (Å²) in [5.41, 5.74) is 7.65. The monoisotopic (exact) mass is 289 g/mol. The van der Waals surface area contributed by atoms with Crippen LogP contribution in [0.3, 0.4) is 0 Å². The predicted octanol–water partition coefficient (Wildman–Crippen LogP) is 2.74. The van der Waals surface area contributed by atoms with Crippen LogP contribution in [0.1, 0.15) is 44.1 Å². The Bertz CT molecular complexity index is 424. The van der Waals surface area contributed by atoms with E-state index >= 15 is 0 Å². The van der Waals surface area contributed by atoms with Crippen LogP contribution in [-0.2, 0) is 11.3 Å². The fourth-order valence-corrected chi connectivity index (χ4v) is 2.72. The van der Waals surface area contributed by atoms with E-state index in [1.165, 1.54) is 31.5 Å². The molecule has 0 radical (unpaired) electrons. The van der Waals surface area contributed by atoms with E-state index in [-0.39, 0.29) is 5.91 Å². The number of hydrogen-bond donors (Lipinski definition) is 2. The van der Waals surface area contributed by atoms with Crippen molar-refractivity contribution < 1.29 is 4.79 Å². The van der Waals surface area contributed by atoms with Crippen LogP contribution in [0.2, 0.25) is 0 Å². The summed E-state index contributed by atoms with van der Waals surface area (Å²) in [6.45, 7) is 4.15. The first kappa shape index (κ1) is 16.0. The maximum absolute atomic E-state index is 11.8. The minimum absolute atomic E-state index is 0.0966. The normalized spacial score (nSPS) is 15.3. The van der Waals surface area contributed by atoms with Crippen molar-refractivity contribution in [2.75, 3.05) is 25.0 Å². The molecule has 1 aromatic rings. The third-order valence-electron chi connectivity index (χ3n) is 3.95. The Labute approximate surface area is 127 Å². The first-order valence-electron chi connectivity index (χ1n) is 8.09. The van der Waals surface area contributed by atoms with Crippen molar-refractivity contribution in [3.8, 4) is 0 Å². The topological polar surface area (TPSA) is 58.4 Å². The smallest absolute Gasteiger partial charge is 0.224 e. The number of nitrogens with one attached hydrogen (secondary N) is 1. The number of nitrogens with two attached hydrogens (primary N) is 1. The van der Waals surface area contributed by atoms with Gasteiger partial charge in [-0.25, -0.2) is 0 Å². The van der Waals surface area contributed by atoms with E-state index in [2.05, 4.69) is 22.3 Å². The van der Waals surface area contributed by atoms with Crippen LogP contribution in [0.5, 0.6) is 0 Å². The minimum Gasteiger partial charge on any atom is -0.330 e. The molecule has 4 nitrogen and oxygen atoms in total. The first-order chi connectivity index (χ1) is 10.3. The van der Waals surface area contributed by atoms with Crippen LogP contribution < -0.4 is 11.1 Å². The number of hydrogen-bond acceptors (Lipinski definition) is 3. The van der Waals surface area contributed by atoms with Gasteiger partial charge in [-0.2, -0.15) is 0 Å². The average Bonchev–Trinajstić information content (AvgIpc) is 2.99. The summed E-state index contributed by atoms with van der Waals surface area (Å²) in [5, 5.41) is 2.96. The van der Waals surface area contributed by atoms with Crippen molar-refractivity contribution in [1.29, 1.82) is 0 Å². The molecular weight excluding hydrogens is 262 g/mol. The van der Waals surface area contributed by atoms with E-state index < -0.39 is 0 Å². The van der Waals surface area contributed by atoms with Gasteiger partial charge in [-0.05, 0) is 63.0 Å². The van der Waals surface area contributed by atoms with Gasteiger partial charge in [-0.15, -0.1) is 0 Å². The molecule has 1 heterocycles. The zero-order chi connectivity index (χ0) is 14.9. The second-order valence-corrected chi connectivity index (χ2v) is 5.83. The zero-order valence-electron chi connectivity index (χ0n) is 12.8. The lowest BCUT2D eigenvalue weighted by Gasteiger charge is -2.14. The van der Waals surface area contributed by atoms with Crippen LogP contribution in [-0.4, -0.2) is 30.4 Å². The lowest BCUT2D eigenvalue weighted by atomic mass is 10.1. The van der Waals surface area contributed by atoms with Crippen molar-refractivity contribution in [2.45, 2.75) is 45.1 Å². The number of benzene rings is 1. The Morgan fingerprint density at radius 2 is 1.81 bits per heavy atom. The summed E-state index contributed by atoms with van der Waals surface area (Å²) in [7, 11) is 0. The van der Waals surface area contributed by atoms with Crippen LogP contribution in [0.15, 0.2) is 24.3 Å². The number of amides is 1. The van der Waals surface area contributed by atoms with Gasteiger partial charge in [0.05, 0.1) is 0 Å². The molecule has 1 amide bonds. The van der Waals surface area contributed by atoms with Gasteiger partial charge in [-0.3, -0.25) is 9.69 Å². The third kappa shape index (κ3) is 5.86. The van der Waals surface area contributed by atoms with E-state index in [0.29, 0.717) is 13.0 Å². The van der Waals surface area contributed by atoms with Gasteiger partial charge < -0.3 is 11.1 Å². The third-order valence-corrected chi connectivity index (χ3v) is 3.95. The molecule has 0 saturated carbocycles. The van der Waals surface area contributed by atoms with E-state index in [0.717, 1.165) is 31.5 Å². The quantitative estimate of drug-likeness (QED) is 0.723. The number of likely N-dealkylation sites (tertiary alicyclic amines) is 1. The molecule has 116 valence electrons. The molecule has 0 aromatic heterocycles. The Balaban J connectivity index is 1.72. The molecule has 1 aromatic carbocycles. The number of unbranched alkanes of at least 4 members (excludes halogenated alkanes) is 2. The lowest BCUT2D eigenvalue weighted by molar-refractivity contribution is -0.116. The van der Waals surface area contributed by atoms with E-state index in [4.69, 9.17) is 5.73 Å². The van der Waals surface area contributed by atoms with Crippen LogP contribution >= 0.6 is 0 Å². The second kappa shape index (κ2) is 8.80. The van der Waals surface area contributed by atoms with E-state index in [9.17, 15) is 4.79 Å². The number of anilines is 1. The molecular formula is C17H27N3O. The summed E-state index contributed by atoms with van der Waals surface area (Å²) in [5.74, 6) is 0.0966. The van der Waals surface area contributed by atoms with Crippen molar-refractivity contribution in [2.24, 2.45) is 5.73 Å². The Hall–Kier alpha value is -1.39. The van der Waals surface area contributed by atoms with Gasteiger partial charge in [0, 0.05) is 18.7 Å². The van der Waals surface area contributed by atoms with Crippen LogP contribution in [0, 0.1) is 0 Å². The SMILES string of the molecule is NCCCCCC(=O)Nc1ccc(CN2CCCC2)cc1. The molecule has 2 rings (SSSR count). The molecule has 0 unspecified atom stereocenters. The molecule has 1 aliphatic heterocycles. The molecule has 21 heavy (non-hydrogen) atoms. The van der Waals surface area contributed by atoms with Gasteiger partial charge in [0.25, 0.3) is 0 Å². The Morgan fingerprint density at radius 1 is 1.10 bits per heavy atom. The maximum Gasteiger partial charge on any atom is 0.224 e. The summed E-state index contributed by atoms with van der Waals surface area (Å²) in [4.78, 5) is 14.3. The van der Waals surface area contributed by atoms with Crippen molar-refractivity contribution in [3.63, 3.8) is 0 Å². The van der Waals surface area contributed by atoms with Crippen molar-refractivity contribution in [1.82, 2.24) is 4.90 Å². The number of carbonyl (C=O) groups excluding carboxylic acids is 1. The zero-order valence-corrected chi connectivity index (χ0v) is 12.8. The molecule has 1 fully saturated rings. The molecule has 3 N–H and O–H groups in total. The highest BCUT2D eigenvalue weighted by atomic mass is 16.1. The number of carbonyl (C=O) groups is 1. The van der Waals surface area contributed by atoms with Crippen molar-refractivity contribution in [3.05, 3.63) is 29.8 Å². The van der Waals surface area contributed by atoms with Crippen LogP contribution in [0.4, 0.5) is 5.69 Å². The highest BCUT2D eigenvalue weighted by Crippen LogP contribution is 2.15. The molecule has 1 saturated heterocycles. The highest BCUT2D eigenvalue weighted by molar-refractivity contribution is 5.90. The van der Waals surface area contributed by atoms with Gasteiger partial charge in [0.2, 0.25) is 5.91 Å². The first-order valence-corrected chi connectivity index (χ1v) is 8.09. The largest absolute Gasteiger partial charge is 0.330 e. The average molecular weight is 289 g/mol. The molecule has 4 heteroatoms. The molecule has 0 aliphatic carbocycles.